The van der Waals surface area contributed by atoms with Crippen molar-refractivity contribution in [3.05, 3.63) is 41.2 Å². The molecular weight excluding hydrogens is 366 g/mol. The van der Waals surface area contributed by atoms with E-state index in [0.29, 0.717) is 30.8 Å². The Bertz CT molecular complexity index is 973. The predicted octanol–water partition coefficient (Wildman–Crippen LogP) is 2.36. The number of nitrogens with one attached hydrogen (secondary N) is 2. The molecule has 144 valence electrons. The summed E-state index contributed by atoms with van der Waals surface area (Å²) in [4.78, 5) is 12.3. The fraction of sp³-hybridized carbons (Fsp3) is 0.389. The Morgan fingerprint density at radius 3 is 2.56 bits per heavy atom. The molecule has 1 aromatic carbocycles. The topological polar surface area (TPSA) is 117 Å². The van der Waals surface area contributed by atoms with Crippen molar-refractivity contribution in [2.45, 2.75) is 39.7 Å². The maximum absolute atomic E-state index is 12.3. The Labute approximate surface area is 159 Å². The molecule has 8 nitrogen and oxygen atoms in total. The quantitative estimate of drug-likeness (QED) is 0.719. The van der Waals surface area contributed by atoms with Crippen molar-refractivity contribution in [1.82, 2.24) is 9.78 Å². The van der Waals surface area contributed by atoms with Gasteiger partial charge in [-0.25, -0.2) is 8.42 Å². The molecule has 2 rings (SSSR count). The van der Waals surface area contributed by atoms with Gasteiger partial charge in [0.15, 0.2) is 0 Å². The highest BCUT2D eigenvalue weighted by Gasteiger charge is 2.14. The van der Waals surface area contributed by atoms with E-state index in [0.717, 1.165) is 23.2 Å². The van der Waals surface area contributed by atoms with E-state index in [4.69, 9.17) is 5.26 Å². The third-order valence-corrected chi connectivity index (χ3v) is 4.66. The molecule has 1 amide bonds. The van der Waals surface area contributed by atoms with Crippen LogP contribution in [0.25, 0.3) is 0 Å². The van der Waals surface area contributed by atoms with E-state index in [1.807, 2.05) is 13.8 Å². The summed E-state index contributed by atoms with van der Waals surface area (Å²) in [6.07, 6.45) is 2.18. The number of nitrogens with zero attached hydrogens (tertiary/aromatic N) is 3. The van der Waals surface area contributed by atoms with Gasteiger partial charge in [-0.1, -0.05) is 12.1 Å². The zero-order valence-electron chi connectivity index (χ0n) is 15.6. The van der Waals surface area contributed by atoms with Gasteiger partial charge in [-0.3, -0.25) is 14.2 Å². The zero-order chi connectivity index (χ0) is 20.0. The van der Waals surface area contributed by atoms with Crippen molar-refractivity contribution < 1.29 is 13.2 Å². The summed E-state index contributed by atoms with van der Waals surface area (Å²) in [6, 6.07) is 8.73. The number of benzene rings is 1. The summed E-state index contributed by atoms with van der Waals surface area (Å²) in [7, 11) is -3.44. The summed E-state index contributed by atoms with van der Waals surface area (Å²) in [5.74, 6) is -0.221. The van der Waals surface area contributed by atoms with Crippen LogP contribution in [0.3, 0.4) is 0 Å². The number of hydrogen-bond acceptors (Lipinski definition) is 5. The second-order valence-corrected chi connectivity index (χ2v) is 8.00. The first-order valence-corrected chi connectivity index (χ1v) is 10.4. The molecule has 0 aliphatic rings. The van der Waals surface area contributed by atoms with Crippen LogP contribution in [0.4, 0.5) is 11.4 Å². The SMILES string of the molecule is Cc1nn(CCC#N)c(C)c1CCC(=O)Nc1ccccc1NS(C)(=O)=O. The maximum Gasteiger partial charge on any atom is 0.229 e. The van der Waals surface area contributed by atoms with Gasteiger partial charge in [-0.05, 0) is 38.0 Å². The van der Waals surface area contributed by atoms with E-state index in [-0.39, 0.29) is 12.3 Å². The molecule has 1 aromatic heterocycles. The lowest BCUT2D eigenvalue weighted by molar-refractivity contribution is -0.116. The summed E-state index contributed by atoms with van der Waals surface area (Å²) in [5, 5.41) is 15.9. The highest BCUT2D eigenvalue weighted by Crippen LogP contribution is 2.22. The van der Waals surface area contributed by atoms with Gasteiger partial charge in [0.25, 0.3) is 0 Å². The van der Waals surface area contributed by atoms with Crippen molar-refractivity contribution in [2.75, 3.05) is 16.3 Å². The highest BCUT2D eigenvalue weighted by atomic mass is 32.2. The van der Waals surface area contributed by atoms with E-state index < -0.39 is 10.0 Å². The Morgan fingerprint density at radius 1 is 1.26 bits per heavy atom. The minimum Gasteiger partial charge on any atom is -0.324 e. The minimum absolute atomic E-state index is 0.221. The largest absolute Gasteiger partial charge is 0.324 e. The summed E-state index contributed by atoms with van der Waals surface area (Å²) >= 11 is 0. The lowest BCUT2D eigenvalue weighted by atomic mass is 10.1. The van der Waals surface area contributed by atoms with Crippen LogP contribution in [-0.2, 0) is 27.8 Å². The second-order valence-electron chi connectivity index (χ2n) is 6.25. The van der Waals surface area contributed by atoms with Gasteiger partial charge < -0.3 is 5.32 Å². The summed E-state index contributed by atoms with van der Waals surface area (Å²) in [6.45, 7) is 4.34. The van der Waals surface area contributed by atoms with Gasteiger partial charge >= 0.3 is 0 Å². The molecule has 1 heterocycles. The molecule has 2 N–H and O–H groups in total. The molecule has 0 spiro atoms. The number of carbonyl (C=O) groups is 1. The monoisotopic (exact) mass is 389 g/mol. The third kappa shape index (κ3) is 5.82. The molecule has 0 radical (unpaired) electrons. The van der Waals surface area contributed by atoms with E-state index in [2.05, 4.69) is 21.2 Å². The molecule has 9 heteroatoms. The molecule has 0 saturated carbocycles. The van der Waals surface area contributed by atoms with Crippen LogP contribution in [0.15, 0.2) is 24.3 Å². The molecule has 0 aliphatic carbocycles. The van der Waals surface area contributed by atoms with Crippen molar-refractivity contribution >= 4 is 27.3 Å². The number of anilines is 2. The average Bonchev–Trinajstić information content (AvgIpc) is 2.85. The number of amides is 1. The lowest BCUT2D eigenvalue weighted by Gasteiger charge is -2.12. The van der Waals surface area contributed by atoms with E-state index in [1.165, 1.54) is 0 Å². The van der Waals surface area contributed by atoms with Crippen molar-refractivity contribution in [3.63, 3.8) is 0 Å². The van der Waals surface area contributed by atoms with Crippen LogP contribution >= 0.6 is 0 Å². The summed E-state index contributed by atoms with van der Waals surface area (Å²) in [5.41, 5.74) is 3.52. The van der Waals surface area contributed by atoms with Crippen LogP contribution in [0.5, 0.6) is 0 Å². The number of aromatic nitrogens is 2. The van der Waals surface area contributed by atoms with Gasteiger partial charge in [0, 0.05) is 12.1 Å². The van der Waals surface area contributed by atoms with Crippen LogP contribution in [-0.4, -0.2) is 30.4 Å². The highest BCUT2D eigenvalue weighted by molar-refractivity contribution is 7.92. The fourth-order valence-electron chi connectivity index (χ4n) is 2.80. The number of para-hydroxylation sites is 2. The standard InChI is InChI=1S/C18H23N5O3S/c1-13-15(14(2)23(21-13)12-6-11-19)9-10-18(24)20-16-7-4-5-8-17(16)22-27(3,25)26/h4-5,7-8,22H,6,9-10,12H2,1-3H3,(H,20,24). The predicted molar refractivity (Wildman–Crippen MR) is 104 cm³/mol. The minimum atomic E-state index is -3.44. The first kappa shape index (κ1) is 20.5. The van der Waals surface area contributed by atoms with Crippen molar-refractivity contribution in [2.24, 2.45) is 0 Å². The van der Waals surface area contributed by atoms with E-state index >= 15 is 0 Å². The van der Waals surface area contributed by atoms with Crippen LogP contribution in [0.1, 0.15) is 29.8 Å². The molecule has 0 fully saturated rings. The van der Waals surface area contributed by atoms with Gasteiger partial charge in [0.2, 0.25) is 15.9 Å². The van der Waals surface area contributed by atoms with Crippen LogP contribution in [0.2, 0.25) is 0 Å². The van der Waals surface area contributed by atoms with Crippen molar-refractivity contribution in [1.29, 1.82) is 5.26 Å². The van der Waals surface area contributed by atoms with Gasteiger partial charge in [-0.2, -0.15) is 10.4 Å². The molecule has 0 saturated heterocycles. The first-order valence-electron chi connectivity index (χ1n) is 8.47. The third-order valence-electron chi connectivity index (χ3n) is 4.07. The zero-order valence-corrected chi connectivity index (χ0v) is 16.4. The molecule has 27 heavy (non-hydrogen) atoms. The Morgan fingerprint density at radius 2 is 1.93 bits per heavy atom. The number of nitriles is 1. The number of carbonyl (C=O) groups excluding carboxylic acids is 1. The van der Waals surface area contributed by atoms with E-state index in [1.54, 1.807) is 28.9 Å². The molecule has 2 aromatic rings. The van der Waals surface area contributed by atoms with Gasteiger partial charge in [0.05, 0.1) is 42.4 Å². The Hall–Kier alpha value is -2.86. The second kappa shape index (κ2) is 8.68. The average molecular weight is 389 g/mol. The fourth-order valence-corrected chi connectivity index (χ4v) is 3.38. The molecule has 0 unspecified atom stereocenters. The maximum atomic E-state index is 12.3. The van der Waals surface area contributed by atoms with Gasteiger partial charge in [0.1, 0.15) is 0 Å². The molecular formula is C18H23N5O3S. The summed E-state index contributed by atoms with van der Waals surface area (Å²) < 4.78 is 27.1. The number of sulfonamides is 1. The van der Waals surface area contributed by atoms with E-state index in [9.17, 15) is 13.2 Å². The van der Waals surface area contributed by atoms with Crippen LogP contribution in [0, 0.1) is 25.2 Å². The first-order chi connectivity index (χ1) is 12.7. The van der Waals surface area contributed by atoms with Crippen molar-refractivity contribution in [3.8, 4) is 6.07 Å². The van der Waals surface area contributed by atoms with Gasteiger partial charge in [-0.15, -0.1) is 0 Å². The Kier molecular flexibility index (Phi) is 6.58. The Balaban J connectivity index is 2.04. The molecule has 0 aliphatic heterocycles. The molecule has 0 bridgehead atoms. The smallest absolute Gasteiger partial charge is 0.229 e. The van der Waals surface area contributed by atoms with Crippen LogP contribution < -0.4 is 10.0 Å². The lowest BCUT2D eigenvalue weighted by Crippen LogP contribution is -2.16. The number of aryl methyl sites for hydroxylation is 2. The normalized spacial score (nSPS) is 11.0. The number of hydrogen-bond donors (Lipinski definition) is 2. The number of rotatable bonds is 8. The molecule has 0 atom stereocenters.